The van der Waals surface area contributed by atoms with E-state index in [1.165, 1.54) is 12.8 Å². The fourth-order valence-electron chi connectivity index (χ4n) is 2.65. The van der Waals surface area contributed by atoms with Gasteiger partial charge in [-0.2, -0.15) is 0 Å². The van der Waals surface area contributed by atoms with Crippen molar-refractivity contribution in [2.24, 2.45) is 0 Å². The van der Waals surface area contributed by atoms with Crippen molar-refractivity contribution < 1.29 is 4.79 Å². The Morgan fingerprint density at radius 1 is 1.50 bits per heavy atom. The lowest BCUT2D eigenvalue weighted by molar-refractivity contribution is 0.0930. The fraction of sp³-hybridized carbons (Fsp3) is 0.667. The topological polar surface area (TPSA) is 63.3 Å². The Bertz CT molecular complexity index is 502. The van der Waals surface area contributed by atoms with E-state index in [2.05, 4.69) is 24.2 Å². The molecule has 1 amide bonds. The Balaban J connectivity index is 1.58. The van der Waals surface area contributed by atoms with Crippen LogP contribution in [0.25, 0.3) is 0 Å². The molecule has 5 nitrogen and oxygen atoms in total. The molecule has 1 heterocycles. The molecule has 5 heteroatoms. The SMILES string of the molecule is CC(CNC(=O)c1cc(N)cn1C1CC1)N(C)C1CC1. The summed E-state index contributed by atoms with van der Waals surface area (Å²) in [4.78, 5) is 14.7. The Kier molecular flexibility index (Phi) is 3.46. The molecule has 1 unspecified atom stereocenters. The third-order valence-corrected chi connectivity index (χ3v) is 4.42. The number of amides is 1. The number of anilines is 1. The third kappa shape index (κ3) is 2.82. The maximum Gasteiger partial charge on any atom is 0.268 e. The summed E-state index contributed by atoms with van der Waals surface area (Å²) in [6.45, 7) is 2.84. The third-order valence-electron chi connectivity index (χ3n) is 4.42. The van der Waals surface area contributed by atoms with Crippen molar-refractivity contribution in [3.8, 4) is 0 Å². The molecule has 3 N–H and O–H groups in total. The van der Waals surface area contributed by atoms with Crippen molar-refractivity contribution in [3.63, 3.8) is 0 Å². The zero-order valence-corrected chi connectivity index (χ0v) is 12.3. The molecular weight excluding hydrogens is 252 g/mol. The van der Waals surface area contributed by atoms with E-state index in [1.807, 2.05) is 10.8 Å². The second-order valence-electron chi connectivity index (χ2n) is 6.25. The smallest absolute Gasteiger partial charge is 0.268 e. The van der Waals surface area contributed by atoms with Crippen LogP contribution in [0.1, 0.15) is 49.1 Å². The summed E-state index contributed by atoms with van der Waals surface area (Å²) >= 11 is 0. The molecule has 2 fully saturated rings. The van der Waals surface area contributed by atoms with Crippen LogP contribution in [0.3, 0.4) is 0 Å². The summed E-state index contributed by atoms with van der Waals surface area (Å²) in [5, 5.41) is 3.04. The lowest BCUT2D eigenvalue weighted by Crippen LogP contribution is -2.41. The van der Waals surface area contributed by atoms with Crippen LogP contribution in [0.2, 0.25) is 0 Å². The molecule has 0 saturated heterocycles. The Labute approximate surface area is 120 Å². The van der Waals surface area contributed by atoms with E-state index in [0.717, 1.165) is 12.8 Å². The van der Waals surface area contributed by atoms with Gasteiger partial charge in [-0.05, 0) is 45.7 Å². The van der Waals surface area contributed by atoms with Crippen molar-refractivity contribution in [2.45, 2.75) is 50.7 Å². The summed E-state index contributed by atoms with van der Waals surface area (Å²) < 4.78 is 2.03. The van der Waals surface area contributed by atoms with Crippen LogP contribution < -0.4 is 11.1 Å². The first-order valence-corrected chi connectivity index (χ1v) is 7.53. The predicted molar refractivity (Wildman–Crippen MR) is 79.7 cm³/mol. The van der Waals surface area contributed by atoms with Gasteiger partial charge in [0, 0.05) is 30.9 Å². The zero-order chi connectivity index (χ0) is 14.3. The highest BCUT2D eigenvalue weighted by Gasteiger charge is 2.30. The molecule has 2 saturated carbocycles. The zero-order valence-electron chi connectivity index (χ0n) is 12.3. The minimum atomic E-state index is -0.00959. The van der Waals surface area contributed by atoms with Gasteiger partial charge in [-0.15, -0.1) is 0 Å². The number of nitrogens with zero attached hydrogens (tertiary/aromatic N) is 2. The highest BCUT2D eigenvalue weighted by atomic mass is 16.1. The van der Waals surface area contributed by atoms with E-state index in [-0.39, 0.29) is 5.91 Å². The van der Waals surface area contributed by atoms with Crippen molar-refractivity contribution >= 4 is 11.6 Å². The molecule has 1 atom stereocenters. The Hall–Kier alpha value is -1.49. The van der Waals surface area contributed by atoms with E-state index in [0.29, 0.717) is 36.1 Å². The highest BCUT2D eigenvalue weighted by molar-refractivity contribution is 5.93. The van der Waals surface area contributed by atoms with Gasteiger partial charge in [0.25, 0.3) is 5.91 Å². The molecule has 0 radical (unpaired) electrons. The number of rotatable bonds is 6. The van der Waals surface area contributed by atoms with E-state index in [1.54, 1.807) is 6.07 Å². The number of carbonyl (C=O) groups is 1. The van der Waals surface area contributed by atoms with Gasteiger partial charge in [0.05, 0.1) is 5.69 Å². The molecule has 0 bridgehead atoms. The molecule has 2 aliphatic rings. The van der Waals surface area contributed by atoms with Crippen LogP contribution in [0.15, 0.2) is 12.3 Å². The average molecular weight is 276 g/mol. The van der Waals surface area contributed by atoms with Gasteiger partial charge >= 0.3 is 0 Å². The van der Waals surface area contributed by atoms with Crippen LogP contribution in [0.4, 0.5) is 5.69 Å². The quantitative estimate of drug-likeness (QED) is 0.830. The molecule has 0 aliphatic heterocycles. The van der Waals surface area contributed by atoms with Crippen LogP contribution in [-0.4, -0.2) is 41.1 Å². The summed E-state index contributed by atoms with van der Waals surface area (Å²) in [5.74, 6) is -0.00959. The van der Waals surface area contributed by atoms with Crippen molar-refractivity contribution in [1.82, 2.24) is 14.8 Å². The van der Waals surface area contributed by atoms with Gasteiger partial charge in [0.15, 0.2) is 0 Å². The van der Waals surface area contributed by atoms with Gasteiger partial charge < -0.3 is 15.6 Å². The lowest BCUT2D eigenvalue weighted by atomic mass is 10.2. The van der Waals surface area contributed by atoms with E-state index < -0.39 is 0 Å². The highest BCUT2D eigenvalue weighted by Crippen LogP contribution is 2.37. The summed E-state index contributed by atoms with van der Waals surface area (Å²) in [6.07, 6.45) is 6.75. The summed E-state index contributed by atoms with van der Waals surface area (Å²) in [6, 6.07) is 3.34. The largest absolute Gasteiger partial charge is 0.397 e. The van der Waals surface area contributed by atoms with E-state index in [9.17, 15) is 4.79 Å². The number of aromatic nitrogens is 1. The first-order valence-electron chi connectivity index (χ1n) is 7.53. The normalized spacial score (nSPS) is 20.1. The van der Waals surface area contributed by atoms with Crippen molar-refractivity contribution in [2.75, 3.05) is 19.3 Å². The first kappa shape index (κ1) is 13.5. The number of nitrogens with one attached hydrogen (secondary N) is 1. The van der Waals surface area contributed by atoms with E-state index in [4.69, 9.17) is 5.73 Å². The molecule has 0 aromatic carbocycles. The number of carbonyl (C=O) groups excluding carboxylic acids is 1. The molecule has 110 valence electrons. The van der Waals surface area contributed by atoms with Crippen LogP contribution >= 0.6 is 0 Å². The number of nitrogen functional groups attached to an aromatic ring is 1. The Morgan fingerprint density at radius 3 is 2.80 bits per heavy atom. The minimum Gasteiger partial charge on any atom is -0.397 e. The van der Waals surface area contributed by atoms with Gasteiger partial charge in [-0.1, -0.05) is 0 Å². The number of nitrogens with two attached hydrogens (primary N) is 1. The van der Waals surface area contributed by atoms with Crippen LogP contribution in [0.5, 0.6) is 0 Å². The predicted octanol–water partition coefficient (Wildman–Crippen LogP) is 1.62. The average Bonchev–Trinajstić information content (AvgIpc) is 3.32. The van der Waals surface area contributed by atoms with E-state index >= 15 is 0 Å². The molecule has 3 rings (SSSR count). The van der Waals surface area contributed by atoms with Gasteiger partial charge in [0.1, 0.15) is 5.69 Å². The summed E-state index contributed by atoms with van der Waals surface area (Å²) in [7, 11) is 2.14. The Morgan fingerprint density at radius 2 is 2.20 bits per heavy atom. The number of likely N-dealkylation sites (N-methyl/N-ethyl adjacent to an activating group) is 1. The molecular formula is C15H24N4O. The molecule has 2 aliphatic carbocycles. The summed E-state index contributed by atoms with van der Waals surface area (Å²) in [5.41, 5.74) is 7.20. The second-order valence-corrected chi connectivity index (χ2v) is 6.25. The maximum atomic E-state index is 12.3. The molecule has 1 aromatic heterocycles. The van der Waals surface area contributed by atoms with Gasteiger partial charge in [-0.25, -0.2) is 0 Å². The van der Waals surface area contributed by atoms with Crippen LogP contribution in [-0.2, 0) is 0 Å². The first-order chi connectivity index (χ1) is 9.56. The lowest BCUT2D eigenvalue weighted by Gasteiger charge is -2.24. The molecule has 20 heavy (non-hydrogen) atoms. The standard InChI is InChI=1S/C15H24N4O/c1-10(18(2)12-3-4-12)8-17-15(20)14-7-11(16)9-19(14)13-5-6-13/h7,9-10,12-13H,3-6,8,16H2,1-2H3,(H,17,20). The van der Waals surface area contributed by atoms with Gasteiger partial charge in [0.2, 0.25) is 0 Å². The van der Waals surface area contributed by atoms with Crippen LogP contribution in [0, 0.1) is 0 Å². The molecule has 1 aromatic rings. The fourth-order valence-corrected chi connectivity index (χ4v) is 2.65. The number of hydrogen-bond donors (Lipinski definition) is 2. The van der Waals surface area contributed by atoms with Crippen molar-refractivity contribution in [3.05, 3.63) is 18.0 Å². The van der Waals surface area contributed by atoms with Gasteiger partial charge in [-0.3, -0.25) is 9.69 Å². The monoisotopic (exact) mass is 276 g/mol. The number of hydrogen-bond acceptors (Lipinski definition) is 3. The minimum absolute atomic E-state index is 0.00959. The molecule has 0 spiro atoms. The second kappa shape index (κ2) is 5.13. The van der Waals surface area contributed by atoms with Crippen molar-refractivity contribution in [1.29, 1.82) is 0 Å². The maximum absolute atomic E-state index is 12.3.